The molecule has 4 aromatic rings. The lowest BCUT2D eigenvalue weighted by molar-refractivity contribution is 0.324. The lowest BCUT2D eigenvalue weighted by Gasteiger charge is -2.17. The second kappa shape index (κ2) is 11.0. The number of thioether (sulfide) groups is 1. The normalized spacial score (nSPS) is 10.6. The highest BCUT2D eigenvalue weighted by Crippen LogP contribution is 2.44. The molecule has 4 rings (SSSR count). The number of nitrogen functional groups attached to an aromatic ring is 1. The molecule has 0 saturated carbocycles. The van der Waals surface area contributed by atoms with Crippen LogP contribution in [0.5, 0.6) is 17.2 Å². The summed E-state index contributed by atoms with van der Waals surface area (Å²) in [5.41, 5.74) is 8.75. The standard InChI is InChI=1S/C26H24N6O4S/c1-34-20-11-15(12-21(35-2)23(20)36-3)22-16(13-27)24(29)31-25(17(22)14-28)37-10-6-9-32-19-8-5-4-7-18(19)30-26(32)33/h4-5,7-8,11-12H,6,9-10H2,1-3H3,(H2,29,31)(H,30,33). The minimum Gasteiger partial charge on any atom is -0.493 e. The molecule has 0 aliphatic carbocycles. The van der Waals surface area contributed by atoms with Crippen LogP contribution in [0.25, 0.3) is 22.2 Å². The van der Waals surface area contributed by atoms with Gasteiger partial charge in [-0.1, -0.05) is 12.1 Å². The molecule has 11 heteroatoms. The number of anilines is 1. The van der Waals surface area contributed by atoms with E-state index in [0.29, 0.717) is 52.1 Å². The van der Waals surface area contributed by atoms with E-state index in [9.17, 15) is 15.3 Å². The van der Waals surface area contributed by atoms with Crippen LogP contribution in [0.1, 0.15) is 17.5 Å². The highest BCUT2D eigenvalue weighted by atomic mass is 32.2. The Kier molecular flexibility index (Phi) is 7.56. The highest BCUT2D eigenvalue weighted by Gasteiger charge is 2.23. The number of nitrogens with two attached hydrogens (primary N) is 1. The fourth-order valence-corrected chi connectivity index (χ4v) is 5.06. The summed E-state index contributed by atoms with van der Waals surface area (Å²) in [7, 11) is 4.46. The van der Waals surface area contributed by atoms with Crippen LogP contribution in [-0.2, 0) is 6.54 Å². The van der Waals surface area contributed by atoms with Gasteiger partial charge in [-0.05, 0) is 36.2 Å². The molecule has 3 N–H and O–H groups in total. The number of rotatable bonds is 9. The molecule has 2 aromatic carbocycles. The first-order valence-electron chi connectivity index (χ1n) is 11.2. The van der Waals surface area contributed by atoms with Crippen molar-refractivity contribution in [2.75, 3.05) is 32.8 Å². The number of pyridine rings is 1. The number of nitriles is 2. The molecule has 0 bridgehead atoms. The van der Waals surface area contributed by atoms with Crippen molar-refractivity contribution in [1.82, 2.24) is 14.5 Å². The molecule has 0 saturated heterocycles. The third-order valence-corrected chi connectivity index (χ3v) is 6.88. The Morgan fingerprint density at radius 2 is 1.73 bits per heavy atom. The van der Waals surface area contributed by atoms with E-state index in [4.69, 9.17) is 19.9 Å². The van der Waals surface area contributed by atoms with Gasteiger partial charge < -0.3 is 24.9 Å². The molecule has 0 aliphatic heterocycles. The Morgan fingerprint density at radius 1 is 1.05 bits per heavy atom. The van der Waals surface area contributed by atoms with E-state index < -0.39 is 0 Å². The number of H-pyrrole nitrogens is 1. The average molecular weight is 517 g/mol. The SMILES string of the molecule is COc1cc(-c2c(C#N)c(N)nc(SCCCn3c(=O)[nH]c4ccccc43)c2C#N)cc(OC)c1OC. The number of benzene rings is 2. The maximum atomic E-state index is 12.3. The number of nitrogens with zero attached hydrogens (tertiary/aromatic N) is 4. The Balaban J connectivity index is 1.68. The topological polar surface area (TPSA) is 152 Å². The van der Waals surface area contributed by atoms with Gasteiger partial charge in [-0.2, -0.15) is 10.5 Å². The van der Waals surface area contributed by atoms with Crippen molar-refractivity contribution < 1.29 is 14.2 Å². The van der Waals surface area contributed by atoms with Crippen LogP contribution in [0, 0.1) is 22.7 Å². The number of nitrogens with one attached hydrogen (secondary N) is 1. The van der Waals surface area contributed by atoms with Crippen molar-refractivity contribution in [3.05, 3.63) is 58.0 Å². The van der Waals surface area contributed by atoms with Crippen LogP contribution >= 0.6 is 11.8 Å². The maximum absolute atomic E-state index is 12.3. The monoisotopic (exact) mass is 516 g/mol. The van der Waals surface area contributed by atoms with Gasteiger partial charge in [0, 0.05) is 17.9 Å². The second-order valence-electron chi connectivity index (χ2n) is 7.87. The molecular formula is C26H24N6O4S. The number of hydrogen-bond acceptors (Lipinski definition) is 9. The Hall–Kier alpha value is -4.61. The van der Waals surface area contributed by atoms with Gasteiger partial charge in [0.2, 0.25) is 5.75 Å². The van der Waals surface area contributed by atoms with Crippen LogP contribution in [0.4, 0.5) is 5.82 Å². The van der Waals surface area contributed by atoms with Crippen molar-refractivity contribution in [1.29, 1.82) is 10.5 Å². The largest absolute Gasteiger partial charge is 0.493 e. The average Bonchev–Trinajstić information content (AvgIpc) is 3.24. The third-order valence-electron chi connectivity index (χ3n) is 5.82. The smallest absolute Gasteiger partial charge is 0.326 e. The minimum absolute atomic E-state index is 0.0144. The predicted molar refractivity (Wildman–Crippen MR) is 141 cm³/mol. The van der Waals surface area contributed by atoms with Crippen molar-refractivity contribution >= 4 is 28.6 Å². The number of ether oxygens (including phenoxy) is 3. The summed E-state index contributed by atoms with van der Waals surface area (Å²) in [6.45, 7) is 0.489. The first-order valence-corrected chi connectivity index (χ1v) is 12.2. The van der Waals surface area contributed by atoms with E-state index in [1.54, 1.807) is 16.7 Å². The number of imidazole rings is 1. The van der Waals surface area contributed by atoms with E-state index >= 15 is 0 Å². The number of aromatic amines is 1. The molecule has 0 aliphatic rings. The van der Waals surface area contributed by atoms with Gasteiger partial charge in [0.05, 0.1) is 37.9 Å². The Morgan fingerprint density at radius 3 is 2.35 bits per heavy atom. The van der Waals surface area contributed by atoms with E-state index in [0.717, 1.165) is 11.0 Å². The Bertz CT molecular complexity index is 1590. The molecule has 0 unspecified atom stereocenters. The van der Waals surface area contributed by atoms with Crippen LogP contribution < -0.4 is 25.6 Å². The molecule has 0 spiro atoms. The molecule has 0 amide bonds. The van der Waals surface area contributed by atoms with Crippen molar-refractivity contribution in [2.24, 2.45) is 0 Å². The van der Waals surface area contributed by atoms with Crippen molar-refractivity contribution in [3.8, 4) is 40.5 Å². The molecule has 0 radical (unpaired) electrons. The minimum atomic E-state index is -0.172. The zero-order valence-electron chi connectivity index (χ0n) is 20.5. The first kappa shape index (κ1) is 25.5. The summed E-state index contributed by atoms with van der Waals surface area (Å²) in [5, 5.41) is 20.3. The highest BCUT2D eigenvalue weighted by molar-refractivity contribution is 7.99. The van der Waals surface area contributed by atoms with Gasteiger partial charge >= 0.3 is 5.69 Å². The number of aromatic nitrogens is 3. The maximum Gasteiger partial charge on any atom is 0.326 e. The van der Waals surface area contributed by atoms with Crippen LogP contribution in [0.3, 0.4) is 0 Å². The van der Waals surface area contributed by atoms with E-state index in [-0.39, 0.29) is 22.6 Å². The summed E-state index contributed by atoms with van der Waals surface area (Å²) in [6, 6.07) is 15.1. The van der Waals surface area contributed by atoms with Crippen LogP contribution in [0.15, 0.2) is 46.2 Å². The summed E-state index contributed by atoms with van der Waals surface area (Å²) in [5.74, 6) is 1.71. The lowest BCUT2D eigenvalue weighted by atomic mass is 9.96. The number of aryl methyl sites for hydroxylation is 1. The van der Waals surface area contributed by atoms with Crippen molar-refractivity contribution in [2.45, 2.75) is 18.0 Å². The van der Waals surface area contributed by atoms with Crippen LogP contribution in [0.2, 0.25) is 0 Å². The third kappa shape index (κ3) is 4.77. The molecule has 37 heavy (non-hydrogen) atoms. The lowest BCUT2D eigenvalue weighted by Crippen LogP contribution is -2.17. The zero-order valence-corrected chi connectivity index (χ0v) is 21.3. The van der Waals surface area contributed by atoms with Gasteiger partial charge in [0.25, 0.3) is 0 Å². The summed E-state index contributed by atoms with van der Waals surface area (Å²) in [6.07, 6.45) is 0.637. The number of para-hydroxylation sites is 2. The molecule has 188 valence electrons. The van der Waals surface area contributed by atoms with Gasteiger partial charge in [0.1, 0.15) is 28.5 Å². The summed E-state index contributed by atoms with van der Waals surface area (Å²) >= 11 is 1.34. The van der Waals surface area contributed by atoms with E-state index in [1.165, 1.54) is 33.1 Å². The number of hydrogen-bond donors (Lipinski definition) is 2. The summed E-state index contributed by atoms with van der Waals surface area (Å²) < 4.78 is 18.0. The molecule has 2 aromatic heterocycles. The van der Waals surface area contributed by atoms with Crippen molar-refractivity contribution in [3.63, 3.8) is 0 Å². The second-order valence-corrected chi connectivity index (χ2v) is 8.95. The van der Waals surface area contributed by atoms with Gasteiger partial charge in [-0.25, -0.2) is 9.78 Å². The molecule has 10 nitrogen and oxygen atoms in total. The molecule has 2 heterocycles. The quantitative estimate of drug-likeness (QED) is 0.249. The van der Waals surface area contributed by atoms with Gasteiger partial charge in [0.15, 0.2) is 11.5 Å². The number of fused-ring (bicyclic) bond motifs is 1. The van der Waals surface area contributed by atoms with Gasteiger partial charge in [-0.3, -0.25) is 4.57 Å². The molecular weight excluding hydrogens is 492 g/mol. The fourth-order valence-electron chi connectivity index (χ4n) is 4.14. The predicted octanol–water partition coefficient (Wildman–Crippen LogP) is 3.93. The van der Waals surface area contributed by atoms with E-state index in [1.807, 2.05) is 24.3 Å². The summed E-state index contributed by atoms with van der Waals surface area (Å²) in [4.78, 5) is 19.5. The zero-order chi connectivity index (χ0) is 26.5. The molecule has 0 fully saturated rings. The van der Waals surface area contributed by atoms with E-state index in [2.05, 4.69) is 22.1 Å². The fraction of sp³-hybridized carbons (Fsp3) is 0.231. The van der Waals surface area contributed by atoms with Gasteiger partial charge in [-0.15, -0.1) is 11.8 Å². The first-order chi connectivity index (χ1) is 18.0. The number of methoxy groups -OCH3 is 3. The molecule has 0 atom stereocenters. The Labute approximate surface area is 217 Å². The van der Waals surface area contributed by atoms with Crippen LogP contribution in [-0.4, -0.2) is 41.6 Å².